The number of nitrogens with zero attached hydrogens (tertiary/aromatic N) is 3. The Balaban J connectivity index is 1.85. The lowest BCUT2D eigenvalue weighted by atomic mass is 10.2. The minimum atomic E-state index is -0.233. The van der Waals surface area contributed by atoms with Crippen LogP contribution in [0.15, 0.2) is 30.3 Å². The summed E-state index contributed by atoms with van der Waals surface area (Å²) in [7, 11) is 3.24. The second kappa shape index (κ2) is 7.25. The molecule has 0 aliphatic carbocycles. The number of aliphatic hydroxyl groups excluding tert-OH is 1. The molecule has 1 aromatic heterocycles. The van der Waals surface area contributed by atoms with Gasteiger partial charge < -0.3 is 19.5 Å². The molecule has 1 amide bonds. The van der Waals surface area contributed by atoms with Crippen LogP contribution in [-0.4, -0.2) is 65.2 Å². The standard InChI is InChI=1S/C18H23N3O4/c1-12-8-17(18(23)20-10-16(25-3)9-14(20)11-22)19-21(12)13-4-6-15(24-2)7-5-13/h4-8,14,16,22H,9-11H2,1-3H3/t14-,16-/m0/s1. The number of amides is 1. The van der Waals surface area contributed by atoms with E-state index in [4.69, 9.17) is 9.47 Å². The predicted molar refractivity (Wildman–Crippen MR) is 92.2 cm³/mol. The van der Waals surface area contributed by atoms with Gasteiger partial charge in [0.25, 0.3) is 5.91 Å². The van der Waals surface area contributed by atoms with Crippen molar-refractivity contribution in [3.63, 3.8) is 0 Å². The van der Waals surface area contributed by atoms with Gasteiger partial charge in [-0.05, 0) is 43.7 Å². The van der Waals surface area contributed by atoms with Crippen LogP contribution in [0.25, 0.3) is 5.69 Å². The van der Waals surface area contributed by atoms with Crippen molar-refractivity contribution in [3.8, 4) is 11.4 Å². The second-order valence-corrected chi connectivity index (χ2v) is 6.17. The number of methoxy groups -OCH3 is 2. The van der Waals surface area contributed by atoms with Gasteiger partial charge in [-0.1, -0.05) is 0 Å². The van der Waals surface area contributed by atoms with E-state index in [1.54, 1.807) is 29.9 Å². The van der Waals surface area contributed by atoms with Gasteiger partial charge in [0.2, 0.25) is 0 Å². The molecule has 1 aromatic carbocycles. The maximum atomic E-state index is 12.8. The van der Waals surface area contributed by atoms with Crippen LogP contribution in [0.3, 0.4) is 0 Å². The quantitative estimate of drug-likeness (QED) is 0.887. The Labute approximate surface area is 146 Å². The molecular weight excluding hydrogens is 322 g/mol. The molecule has 7 heteroatoms. The van der Waals surface area contributed by atoms with Gasteiger partial charge in [-0.2, -0.15) is 5.10 Å². The molecule has 0 saturated carbocycles. The summed E-state index contributed by atoms with van der Waals surface area (Å²) in [6.45, 7) is 2.29. The normalized spacial score (nSPS) is 20.1. The van der Waals surface area contributed by atoms with E-state index in [0.717, 1.165) is 17.1 Å². The molecule has 2 heterocycles. The van der Waals surface area contributed by atoms with Crippen molar-refractivity contribution in [2.75, 3.05) is 27.4 Å². The van der Waals surface area contributed by atoms with Gasteiger partial charge in [0.15, 0.2) is 5.69 Å². The summed E-state index contributed by atoms with van der Waals surface area (Å²) in [4.78, 5) is 14.5. The highest BCUT2D eigenvalue weighted by Crippen LogP contribution is 2.23. The summed E-state index contributed by atoms with van der Waals surface area (Å²) in [5.41, 5.74) is 2.08. The topological polar surface area (TPSA) is 76.8 Å². The number of carbonyl (C=O) groups is 1. The van der Waals surface area contributed by atoms with Crippen LogP contribution in [0.4, 0.5) is 0 Å². The molecule has 0 radical (unpaired) electrons. The molecule has 0 unspecified atom stereocenters. The van der Waals surface area contributed by atoms with Crippen LogP contribution < -0.4 is 4.74 Å². The smallest absolute Gasteiger partial charge is 0.274 e. The van der Waals surface area contributed by atoms with E-state index in [-0.39, 0.29) is 24.7 Å². The first kappa shape index (κ1) is 17.4. The van der Waals surface area contributed by atoms with Gasteiger partial charge in [-0.15, -0.1) is 0 Å². The van der Waals surface area contributed by atoms with Crippen molar-refractivity contribution >= 4 is 5.91 Å². The number of ether oxygens (including phenoxy) is 2. The summed E-state index contributed by atoms with van der Waals surface area (Å²) in [6.07, 6.45) is 0.586. The molecule has 25 heavy (non-hydrogen) atoms. The first-order valence-corrected chi connectivity index (χ1v) is 8.23. The van der Waals surface area contributed by atoms with Crippen LogP contribution in [0.2, 0.25) is 0 Å². The second-order valence-electron chi connectivity index (χ2n) is 6.17. The van der Waals surface area contributed by atoms with Crippen molar-refractivity contribution in [3.05, 3.63) is 41.7 Å². The van der Waals surface area contributed by atoms with Crippen molar-refractivity contribution < 1.29 is 19.4 Å². The largest absolute Gasteiger partial charge is 0.497 e. The molecule has 1 N–H and O–H groups in total. The Morgan fingerprint density at radius 1 is 1.32 bits per heavy atom. The predicted octanol–water partition coefficient (Wildman–Crippen LogP) is 1.41. The number of benzene rings is 1. The molecule has 0 spiro atoms. The zero-order valence-corrected chi connectivity index (χ0v) is 14.7. The van der Waals surface area contributed by atoms with E-state index < -0.39 is 0 Å². The van der Waals surface area contributed by atoms with Crippen molar-refractivity contribution in [1.82, 2.24) is 14.7 Å². The lowest BCUT2D eigenvalue weighted by Crippen LogP contribution is -2.38. The van der Waals surface area contributed by atoms with Crippen molar-refractivity contribution in [2.24, 2.45) is 0 Å². The minimum Gasteiger partial charge on any atom is -0.497 e. The van der Waals surface area contributed by atoms with Crippen molar-refractivity contribution in [1.29, 1.82) is 0 Å². The number of carbonyl (C=O) groups excluding carboxylic acids is 1. The highest BCUT2D eigenvalue weighted by atomic mass is 16.5. The molecule has 1 aliphatic rings. The molecule has 1 fully saturated rings. The third kappa shape index (κ3) is 3.38. The van der Waals surface area contributed by atoms with Gasteiger partial charge >= 0.3 is 0 Å². The van der Waals surface area contributed by atoms with E-state index in [1.165, 1.54) is 0 Å². The number of aliphatic hydroxyl groups is 1. The van der Waals surface area contributed by atoms with Crippen LogP contribution in [-0.2, 0) is 4.74 Å². The minimum absolute atomic E-state index is 0.0501. The SMILES string of the molecule is COc1ccc(-n2nc(C(=O)N3C[C@@H](OC)C[C@H]3CO)cc2C)cc1. The number of aromatic nitrogens is 2. The maximum Gasteiger partial charge on any atom is 0.274 e. The highest BCUT2D eigenvalue weighted by molar-refractivity contribution is 5.93. The molecule has 134 valence electrons. The summed E-state index contributed by atoms with van der Waals surface area (Å²) < 4.78 is 12.2. The average Bonchev–Trinajstić information content (AvgIpc) is 3.24. The highest BCUT2D eigenvalue weighted by Gasteiger charge is 2.36. The van der Waals surface area contributed by atoms with Crippen molar-refractivity contribution in [2.45, 2.75) is 25.5 Å². The van der Waals surface area contributed by atoms with E-state index in [1.807, 2.05) is 31.2 Å². The molecule has 0 bridgehead atoms. The van der Waals surface area contributed by atoms with E-state index in [0.29, 0.717) is 18.7 Å². The van der Waals surface area contributed by atoms with E-state index >= 15 is 0 Å². The zero-order chi connectivity index (χ0) is 18.0. The van der Waals surface area contributed by atoms with Gasteiger partial charge in [0.1, 0.15) is 5.75 Å². The Kier molecular flexibility index (Phi) is 5.06. The molecule has 2 atom stereocenters. The van der Waals surface area contributed by atoms with Gasteiger partial charge in [0, 0.05) is 19.3 Å². The molecule has 2 aromatic rings. The Hall–Kier alpha value is -2.38. The fourth-order valence-electron chi connectivity index (χ4n) is 3.18. The fourth-order valence-corrected chi connectivity index (χ4v) is 3.18. The zero-order valence-electron chi connectivity index (χ0n) is 14.7. The van der Waals surface area contributed by atoms with E-state index in [2.05, 4.69) is 5.10 Å². The Bertz CT molecular complexity index is 741. The Morgan fingerprint density at radius 3 is 2.64 bits per heavy atom. The van der Waals surface area contributed by atoms with Crippen LogP contribution in [0, 0.1) is 6.92 Å². The maximum absolute atomic E-state index is 12.8. The molecule has 1 aliphatic heterocycles. The Morgan fingerprint density at radius 2 is 2.04 bits per heavy atom. The molecule has 3 rings (SSSR count). The monoisotopic (exact) mass is 345 g/mol. The summed E-state index contributed by atoms with van der Waals surface area (Å²) in [5, 5.41) is 14.0. The molecule has 7 nitrogen and oxygen atoms in total. The first-order chi connectivity index (χ1) is 12.1. The first-order valence-electron chi connectivity index (χ1n) is 8.23. The van der Waals surface area contributed by atoms with Crippen LogP contribution in [0.5, 0.6) is 5.75 Å². The third-order valence-corrected chi connectivity index (χ3v) is 4.60. The number of aryl methyl sites for hydroxylation is 1. The number of likely N-dealkylation sites (tertiary alicyclic amines) is 1. The van der Waals surface area contributed by atoms with E-state index in [9.17, 15) is 9.90 Å². The fraction of sp³-hybridized carbons (Fsp3) is 0.444. The third-order valence-electron chi connectivity index (χ3n) is 4.60. The van der Waals surface area contributed by atoms with Crippen LogP contribution >= 0.6 is 0 Å². The summed E-state index contributed by atoms with van der Waals surface area (Å²) in [5.74, 6) is 0.576. The number of hydrogen-bond acceptors (Lipinski definition) is 5. The molecular formula is C18H23N3O4. The number of rotatable bonds is 5. The van der Waals surface area contributed by atoms with Gasteiger partial charge in [0.05, 0.1) is 31.5 Å². The summed E-state index contributed by atoms with van der Waals surface area (Å²) >= 11 is 0. The summed E-state index contributed by atoms with van der Waals surface area (Å²) in [6, 6.07) is 9.01. The molecule has 1 saturated heterocycles. The lowest BCUT2D eigenvalue weighted by molar-refractivity contribution is 0.0641. The van der Waals surface area contributed by atoms with Gasteiger partial charge in [-0.25, -0.2) is 4.68 Å². The van der Waals surface area contributed by atoms with Crippen LogP contribution in [0.1, 0.15) is 22.6 Å². The average molecular weight is 345 g/mol. The van der Waals surface area contributed by atoms with Gasteiger partial charge in [-0.3, -0.25) is 4.79 Å². The lowest BCUT2D eigenvalue weighted by Gasteiger charge is -2.21. The number of hydrogen-bond donors (Lipinski definition) is 1.